The number of H-pyrrole nitrogens is 1. The molecular weight excluding hydrogens is 372 g/mol. The van der Waals surface area contributed by atoms with Crippen LogP contribution < -0.4 is 0 Å². The van der Waals surface area contributed by atoms with Crippen LogP contribution in [-0.4, -0.2) is 46.5 Å². The molecule has 6 aliphatic rings. The van der Waals surface area contributed by atoms with Crippen molar-refractivity contribution in [3.8, 4) is 0 Å². The minimum absolute atomic E-state index is 0.123. The number of hydrogen-bond acceptors (Lipinski definition) is 3. The molecular formula is C26H38N2O2. The van der Waals surface area contributed by atoms with Crippen molar-refractivity contribution in [1.29, 1.82) is 0 Å². The fourth-order valence-electron chi connectivity index (χ4n) is 9.02. The molecule has 4 bridgehead atoms. The van der Waals surface area contributed by atoms with Gasteiger partial charge in [-0.3, -0.25) is 9.69 Å². The van der Waals surface area contributed by atoms with Gasteiger partial charge in [-0.2, -0.15) is 0 Å². The van der Waals surface area contributed by atoms with Gasteiger partial charge in [-0.1, -0.05) is 6.92 Å². The summed E-state index contributed by atoms with van der Waals surface area (Å²) in [6.07, 6.45) is 10.1. The third-order valence-electron chi connectivity index (χ3n) is 9.99. The first-order chi connectivity index (χ1) is 14.6. The monoisotopic (exact) mass is 410 g/mol. The smallest absolute Gasteiger partial charge is 0.169 e. The van der Waals surface area contributed by atoms with E-state index in [1.807, 2.05) is 0 Å². The van der Waals surface area contributed by atoms with Crippen LogP contribution in [-0.2, 0) is 12.8 Å². The molecule has 0 amide bonds. The van der Waals surface area contributed by atoms with Crippen molar-refractivity contribution < 1.29 is 9.90 Å². The highest BCUT2D eigenvalue weighted by molar-refractivity contribution is 6.02. The van der Waals surface area contributed by atoms with E-state index in [0.717, 1.165) is 61.6 Å². The number of fused-ring (bicyclic) bond motifs is 2. The molecule has 5 aliphatic carbocycles. The van der Waals surface area contributed by atoms with Crippen LogP contribution in [0.2, 0.25) is 0 Å². The van der Waals surface area contributed by atoms with Crippen LogP contribution in [0.15, 0.2) is 0 Å². The molecule has 1 saturated heterocycles. The number of aromatic nitrogens is 1. The molecule has 7 rings (SSSR count). The molecule has 4 nitrogen and oxygen atoms in total. The number of aromatic amines is 1. The number of likely N-dealkylation sites (tertiary alicyclic amines) is 1. The Balaban J connectivity index is 1.25. The Kier molecular flexibility index (Phi) is 4.69. The largest absolute Gasteiger partial charge is 0.395 e. The van der Waals surface area contributed by atoms with Crippen LogP contribution in [0, 0.1) is 48.3 Å². The average Bonchev–Trinajstić information content (AvgIpc) is 3.05. The van der Waals surface area contributed by atoms with Gasteiger partial charge in [0.15, 0.2) is 5.78 Å². The molecule has 164 valence electrons. The zero-order valence-electron chi connectivity index (χ0n) is 18.7. The zero-order valence-corrected chi connectivity index (χ0v) is 18.7. The van der Waals surface area contributed by atoms with Crippen LogP contribution in [0.5, 0.6) is 0 Å². The summed E-state index contributed by atoms with van der Waals surface area (Å²) in [6, 6.07) is 0.272. The molecule has 4 heteroatoms. The summed E-state index contributed by atoms with van der Waals surface area (Å²) >= 11 is 0. The number of nitrogens with zero attached hydrogens (tertiary/aromatic N) is 1. The molecule has 3 atom stereocenters. The number of aliphatic hydroxyl groups is 1. The van der Waals surface area contributed by atoms with E-state index in [0.29, 0.717) is 17.6 Å². The van der Waals surface area contributed by atoms with Crippen molar-refractivity contribution in [3.05, 3.63) is 22.5 Å². The first kappa shape index (κ1) is 19.5. The van der Waals surface area contributed by atoms with Gasteiger partial charge in [0.2, 0.25) is 0 Å². The summed E-state index contributed by atoms with van der Waals surface area (Å²) in [4.78, 5) is 19.7. The van der Waals surface area contributed by atoms with Crippen molar-refractivity contribution in [2.24, 2.45) is 41.4 Å². The minimum Gasteiger partial charge on any atom is -0.395 e. The Labute approximate surface area is 180 Å². The van der Waals surface area contributed by atoms with Gasteiger partial charge in [0.25, 0.3) is 0 Å². The van der Waals surface area contributed by atoms with Gasteiger partial charge in [0.05, 0.1) is 6.61 Å². The first-order valence-electron chi connectivity index (χ1n) is 12.7. The third kappa shape index (κ3) is 2.82. The molecule has 0 aromatic carbocycles. The number of hydrogen-bond donors (Lipinski definition) is 2. The van der Waals surface area contributed by atoms with E-state index in [1.54, 1.807) is 0 Å². The highest BCUT2D eigenvalue weighted by atomic mass is 16.3. The lowest BCUT2D eigenvalue weighted by atomic mass is 9.50. The molecule has 1 aliphatic heterocycles. The molecule has 1 aromatic heterocycles. The second-order valence-corrected chi connectivity index (χ2v) is 11.4. The van der Waals surface area contributed by atoms with Crippen molar-refractivity contribution in [1.82, 2.24) is 9.88 Å². The van der Waals surface area contributed by atoms with Gasteiger partial charge in [-0.25, -0.2) is 0 Å². The van der Waals surface area contributed by atoms with E-state index in [2.05, 4.69) is 23.7 Å². The van der Waals surface area contributed by atoms with E-state index in [-0.39, 0.29) is 18.6 Å². The fourth-order valence-corrected chi connectivity index (χ4v) is 9.02. The molecule has 0 radical (unpaired) electrons. The van der Waals surface area contributed by atoms with Crippen LogP contribution in [0.25, 0.3) is 0 Å². The number of nitrogens with one attached hydrogen (secondary N) is 1. The molecule has 30 heavy (non-hydrogen) atoms. The van der Waals surface area contributed by atoms with Gasteiger partial charge in [0.1, 0.15) is 0 Å². The molecule has 2 heterocycles. The maximum Gasteiger partial charge on any atom is 0.169 e. The van der Waals surface area contributed by atoms with Crippen molar-refractivity contribution in [3.63, 3.8) is 0 Å². The van der Waals surface area contributed by atoms with Gasteiger partial charge >= 0.3 is 0 Å². The van der Waals surface area contributed by atoms with Gasteiger partial charge < -0.3 is 10.1 Å². The number of Topliss-reactive ketones (excluding diaryl/α,β-unsaturated/α-hetero) is 1. The highest BCUT2D eigenvalue weighted by Crippen LogP contribution is 2.58. The summed E-state index contributed by atoms with van der Waals surface area (Å²) in [5.41, 5.74) is 4.65. The van der Waals surface area contributed by atoms with Crippen molar-refractivity contribution in [2.45, 2.75) is 71.3 Å². The Morgan fingerprint density at radius 1 is 1.10 bits per heavy atom. The van der Waals surface area contributed by atoms with Gasteiger partial charge in [-0.05, 0) is 106 Å². The predicted molar refractivity (Wildman–Crippen MR) is 118 cm³/mol. The zero-order chi connectivity index (χ0) is 20.6. The SMILES string of the molecule is CCc1c(C)[nH]c2c1C(=O)C1CN(C(CO)C3C4CC5CC(C4)CC3C5)CCC1C2. The number of piperidine rings is 1. The van der Waals surface area contributed by atoms with E-state index < -0.39 is 0 Å². The van der Waals surface area contributed by atoms with Gasteiger partial charge in [0, 0.05) is 35.5 Å². The Morgan fingerprint density at radius 2 is 1.80 bits per heavy atom. The third-order valence-corrected chi connectivity index (χ3v) is 9.99. The second-order valence-electron chi connectivity index (χ2n) is 11.4. The molecule has 2 N–H and O–H groups in total. The number of ketones is 1. The molecule has 4 saturated carbocycles. The van der Waals surface area contributed by atoms with Crippen molar-refractivity contribution >= 4 is 5.78 Å². The lowest BCUT2D eigenvalue weighted by Crippen LogP contribution is -2.58. The Morgan fingerprint density at radius 3 is 2.43 bits per heavy atom. The normalized spacial score (nSPS) is 41.0. The summed E-state index contributed by atoms with van der Waals surface area (Å²) < 4.78 is 0. The molecule has 1 aromatic rings. The minimum atomic E-state index is 0.123. The number of rotatable bonds is 4. The Bertz CT molecular complexity index is 814. The fraction of sp³-hybridized carbons (Fsp3) is 0.808. The van der Waals surface area contributed by atoms with Crippen LogP contribution in [0.1, 0.15) is 72.8 Å². The van der Waals surface area contributed by atoms with Crippen LogP contribution in [0.3, 0.4) is 0 Å². The topological polar surface area (TPSA) is 56.3 Å². The van der Waals surface area contributed by atoms with Crippen LogP contribution >= 0.6 is 0 Å². The quantitative estimate of drug-likeness (QED) is 0.789. The Hall–Kier alpha value is -1.13. The number of carbonyl (C=O) groups is 1. The van der Waals surface area contributed by atoms with Crippen LogP contribution in [0.4, 0.5) is 0 Å². The lowest BCUT2D eigenvalue weighted by molar-refractivity contribution is -0.0925. The summed E-state index contributed by atoms with van der Waals surface area (Å²) in [5.74, 6) is 5.23. The highest BCUT2D eigenvalue weighted by Gasteiger charge is 2.52. The average molecular weight is 411 g/mol. The van der Waals surface area contributed by atoms with E-state index in [9.17, 15) is 9.90 Å². The summed E-state index contributed by atoms with van der Waals surface area (Å²) in [7, 11) is 0. The molecule has 3 unspecified atom stereocenters. The molecule has 0 spiro atoms. The van der Waals surface area contributed by atoms with E-state index in [4.69, 9.17) is 0 Å². The second kappa shape index (κ2) is 7.20. The summed E-state index contributed by atoms with van der Waals surface area (Å²) in [5, 5.41) is 10.5. The predicted octanol–water partition coefficient (Wildman–Crippen LogP) is 4.00. The maximum atomic E-state index is 13.6. The van der Waals surface area contributed by atoms with Crippen molar-refractivity contribution in [2.75, 3.05) is 19.7 Å². The lowest BCUT2D eigenvalue weighted by Gasteiger charge is -2.58. The number of aliphatic hydroxyl groups excluding tert-OH is 1. The molecule has 5 fully saturated rings. The van der Waals surface area contributed by atoms with E-state index >= 15 is 0 Å². The number of aryl methyl sites for hydroxylation is 1. The standard InChI is InChI=1S/C26H38N2O2/c1-3-20-14(2)27-22-11-17-4-5-28(12-21(17)26(30)25(20)22)23(13-29)24-18-7-15-6-16(9-18)10-19(24)8-15/h15-19,21,23-24,27,29H,3-13H2,1-2H3. The number of carbonyl (C=O) groups excluding carboxylic acids is 1. The maximum absolute atomic E-state index is 13.6. The first-order valence-corrected chi connectivity index (χ1v) is 12.7. The van der Waals surface area contributed by atoms with E-state index in [1.165, 1.54) is 49.1 Å². The van der Waals surface area contributed by atoms with Gasteiger partial charge in [-0.15, -0.1) is 0 Å². The summed E-state index contributed by atoms with van der Waals surface area (Å²) in [6.45, 7) is 6.47.